The van der Waals surface area contributed by atoms with Crippen LogP contribution in [0.2, 0.25) is 0 Å². The molecule has 0 saturated heterocycles. The molecular weight excluding hydrogens is 214 g/mol. The second kappa shape index (κ2) is 4.78. The smallest absolute Gasteiger partial charge is 0.150 e. The van der Waals surface area contributed by atoms with Gasteiger partial charge in [-0.1, -0.05) is 11.8 Å². The third kappa shape index (κ3) is 3.66. The number of thiazole rings is 1. The maximum atomic E-state index is 8.70. The fraction of sp³-hybridized carbons (Fsp3) is 0.556. The van der Waals surface area contributed by atoms with E-state index in [2.05, 4.69) is 11.1 Å². The molecule has 1 atom stereocenters. The van der Waals surface area contributed by atoms with Crippen molar-refractivity contribution < 1.29 is 0 Å². The number of rotatable bonds is 4. The van der Waals surface area contributed by atoms with Crippen LogP contribution in [0.4, 0.5) is 0 Å². The van der Waals surface area contributed by atoms with Gasteiger partial charge in [0.25, 0.3) is 0 Å². The molecule has 3 nitrogen and oxygen atoms in total. The fourth-order valence-electron chi connectivity index (χ4n) is 0.805. The number of thioether (sulfide) groups is 1. The summed E-state index contributed by atoms with van der Waals surface area (Å²) in [5.74, 6) is 0.841. The standard InChI is InChI=1S/C9H13N3S2/c1-7-5-14-8(12-7)13-4-3-9(2,11)6-10/h5H,3-4,11H2,1-2H3. The molecule has 0 aliphatic rings. The van der Waals surface area contributed by atoms with Crippen molar-refractivity contribution in [2.45, 2.75) is 30.1 Å². The summed E-state index contributed by atoms with van der Waals surface area (Å²) in [5, 5.41) is 10.7. The monoisotopic (exact) mass is 227 g/mol. The van der Waals surface area contributed by atoms with Gasteiger partial charge in [0.05, 0.1) is 6.07 Å². The van der Waals surface area contributed by atoms with E-state index in [9.17, 15) is 0 Å². The SMILES string of the molecule is Cc1csc(SCCC(C)(N)C#N)n1. The Morgan fingerprint density at radius 1 is 1.79 bits per heavy atom. The van der Waals surface area contributed by atoms with Crippen LogP contribution in [-0.4, -0.2) is 16.3 Å². The van der Waals surface area contributed by atoms with Crippen LogP contribution in [0.25, 0.3) is 0 Å². The molecule has 76 valence electrons. The Labute approximate surface area is 92.3 Å². The highest BCUT2D eigenvalue weighted by Gasteiger charge is 2.16. The van der Waals surface area contributed by atoms with Crippen molar-refractivity contribution in [3.63, 3.8) is 0 Å². The van der Waals surface area contributed by atoms with Crippen LogP contribution in [0.15, 0.2) is 9.72 Å². The summed E-state index contributed by atoms with van der Waals surface area (Å²) in [7, 11) is 0. The molecular formula is C9H13N3S2. The van der Waals surface area contributed by atoms with Gasteiger partial charge in [-0.25, -0.2) is 4.98 Å². The quantitative estimate of drug-likeness (QED) is 0.801. The van der Waals surface area contributed by atoms with E-state index in [0.29, 0.717) is 6.42 Å². The molecule has 1 aromatic heterocycles. The molecule has 1 rings (SSSR count). The lowest BCUT2D eigenvalue weighted by Crippen LogP contribution is -2.34. The lowest BCUT2D eigenvalue weighted by Gasteiger charge is -2.13. The van der Waals surface area contributed by atoms with Gasteiger partial charge >= 0.3 is 0 Å². The Kier molecular flexibility index (Phi) is 3.93. The summed E-state index contributed by atoms with van der Waals surface area (Å²) in [6.45, 7) is 3.73. The van der Waals surface area contributed by atoms with Crippen LogP contribution in [0, 0.1) is 18.3 Å². The topological polar surface area (TPSA) is 62.7 Å². The molecule has 0 spiro atoms. The first-order chi connectivity index (χ1) is 6.53. The summed E-state index contributed by atoms with van der Waals surface area (Å²) >= 11 is 3.30. The van der Waals surface area contributed by atoms with E-state index in [0.717, 1.165) is 15.8 Å². The van der Waals surface area contributed by atoms with Gasteiger partial charge < -0.3 is 5.73 Å². The molecule has 5 heteroatoms. The Balaban J connectivity index is 2.33. The number of nitrogens with two attached hydrogens (primary N) is 1. The van der Waals surface area contributed by atoms with E-state index >= 15 is 0 Å². The van der Waals surface area contributed by atoms with Crippen molar-refractivity contribution in [2.75, 3.05) is 5.75 Å². The van der Waals surface area contributed by atoms with Gasteiger partial charge in [-0.15, -0.1) is 11.3 Å². The largest absolute Gasteiger partial charge is 0.314 e. The first-order valence-corrected chi connectivity index (χ1v) is 6.15. The molecule has 1 aromatic rings. The maximum absolute atomic E-state index is 8.70. The number of hydrogen-bond donors (Lipinski definition) is 1. The van der Waals surface area contributed by atoms with Crippen LogP contribution < -0.4 is 5.73 Å². The van der Waals surface area contributed by atoms with Crippen molar-refractivity contribution in [2.24, 2.45) is 5.73 Å². The summed E-state index contributed by atoms with van der Waals surface area (Å²) in [4.78, 5) is 4.31. The highest BCUT2D eigenvalue weighted by Crippen LogP contribution is 2.24. The van der Waals surface area contributed by atoms with Crippen LogP contribution in [0.3, 0.4) is 0 Å². The van der Waals surface area contributed by atoms with Crippen LogP contribution >= 0.6 is 23.1 Å². The molecule has 1 unspecified atom stereocenters. The van der Waals surface area contributed by atoms with Crippen LogP contribution in [0.5, 0.6) is 0 Å². The van der Waals surface area contributed by atoms with Gasteiger partial charge in [0.1, 0.15) is 9.88 Å². The van der Waals surface area contributed by atoms with Crippen LogP contribution in [0.1, 0.15) is 19.0 Å². The molecule has 0 bridgehead atoms. The maximum Gasteiger partial charge on any atom is 0.150 e. The van der Waals surface area contributed by atoms with Crippen molar-refractivity contribution in [1.29, 1.82) is 5.26 Å². The van der Waals surface area contributed by atoms with Crippen molar-refractivity contribution in [3.05, 3.63) is 11.1 Å². The summed E-state index contributed by atoms with van der Waals surface area (Å²) in [6.07, 6.45) is 0.687. The molecule has 0 aliphatic heterocycles. The average molecular weight is 227 g/mol. The molecule has 2 N–H and O–H groups in total. The second-order valence-corrected chi connectivity index (χ2v) is 5.58. The third-order valence-corrected chi connectivity index (χ3v) is 3.84. The van der Waals surface area contributed by atoms with Crippen LogP contribution in [-0.2, 0) is 0 Å². The van der Waals surface area contributed by atoms with E-state index in [1.165, 1.54) is 0 Å². The molecule has 14 heavy (non-hydrogen) atoms. The Morgan fingerprint density at radius 2 is 2.50 bits per heavy atom. The van der Waals surface area contributed by atoms with E-state index in [4.69, 9.17) is 11.0 Å². The van der Waals surface area contributed by atoms with Crippen molar-refractivity contribution in [1.82, 2.24) is 4.98 Å². The molecule has 0 radical (unpaired) electrons. The summed E-state index contributed by atoms with van der Waals surface area (Å²) < 4.78 is 1.05. The normalized spacial score (nSPS) is 14.7. The highest BCUT2D eigenvalue weighted by molar-refractivity contribution is 8.01. The van der Waals surface area contributed by atoms with E-state index in [-0.39, 0.29) is 0 Å². The number of nitriles is 1. The van der Waals surface area contributed by atoms with E-state index < -0.39 is 5.54 Å². The summed E-state index contributed by atoms with van der Waals surface area (Å²) in [5.41, 5.74) is 6.03. The number of hydrogen-bond acceptors (Lipinski definition) is 5. The molecule has 0 aliphatic carbocycles. The fourth-order valence-corrected chi connectivity index (χ4v) is 2.90. The molecule has 1 heterocycles. The first kappa shape index (κ1) is 11.5. The van der Waals surface area contributed by atoms with Gasteiger partial charge in [0.15, 0.2) is 0 Å². The minimum Gasteiger partial charge on any atom is -0.314 e. The Bertz CT molecular complexity index is 338. The molecule has 0 amide bonds. The molecule has 0 fully saturated rings. The Hall–Kier alpha value is -0.570. The van der Waals surface area contributed by atoms with Gasteiger partial charge in [0, 0.05) is 16.8 Å². The average Bonchev–Trinajstić information content (AvgIpc) is 2.51. The highest BCUT2D eigenvalue weighted by atomic mass is 32.2. The number of aromatic nitrogens is 1. The zero-order chi connectivity index (χ0) is 10.6. The summed E-state index contributed by atoms with van der Waals surface area (Å²) in [6, 6.07) is 2.08. The molecule has 0 saturated carbocycles. The van der Waals surface area contributed by atoms with Crippen molar-refractivity contribution >= 4 is 23.1 Å². The lowest BCUT2D eigenvalue weighted by molar-refractivity contribution is 0.583. The number of nitrogens with zero attached hydrogens (tertiary/aromatic N) is 2. The van der Waals surface area contributed by atoms with E-state index in [1.54, 1.807) is 30.0 Å². The second-order valence-electron chi connectivity index (χ2n) is 3.38. The Morgan fingerprint density at radius 3 is 3.00 bits per heavy atom. The molecule has 0 aromatic carbocycles. The predicted octanol–water partition coefficient (Wildman–Crippen LogP) is 2.17. The predicted molar refractivity (Wildman–Crippen MR) is 60.4 cm³/mol. The minimum atomic E-state index is -0.709. The zero-order valence-corrected chi connectivity index (χ0v) is 9.91. The van der Waals surface area contributed by atoms with Gasteiger partial charge in [0.2, 0.25) is 0 Å². The number of aryl methyl sites for hydroxylation is 1. The third-order valence-electron chi connectivity index (χ3n) is 1.70. The van der Waals surface area contributed by atoms with Gasteiger partial charge in [-0.05, 0) is 20.3 Å². The van der Waals surface area contributed by atoms with Gasteiger partial charge in [-0.2, -0.15) is 5.26 Å². The zero-order valence-electron chi connectivity index (χ0n) is 8.28. The first-order valence-electron chi connectivity index (χ1n) is 4.28. The van der Waals surface area contributed by atoms with Gasteiger partial charge in [-0.3, -0.25) is 0 Å². The van der Waals surface area contributed by atoms with Crippen molar-refractivity contribution in [3.8, 4) is 6.07 Å². The van der Waals surface area contributed by atoms with E-state index in [1.807, 2.05) is 12.3 Å². The lowest BCUT2D eigenvalue weighted by atomic mass is 10.0. The minimum absolute atomic E-state index is 0.687.